The molecular weight excluding hydrogens is 322 g/mol. The topological polar surface area (TPSA) is 57.8 Å². The average molecular weight is 343 g/mol. The second-order valence-electron chi connectivity index (χ2n) is 5.79. The Morgan fingerprint density at radius 2 is 2.08 bits per heavy atom. The van der Waals surface area contributed by atoms with Crippen LogP contribution in [0.3, 0.4) is 0 Å². The van der Waals surface area contributed by atoms with Crippen molar-refractivity contribution in [2.45, 2.75) is 32.9 Å². The third-order valence-corrected chi connectivity index (χ3v) is 5.12. The minimum Gasteiger partial charge on any atom is -0.394 e. The Kier molecular flexibility index (Phi) is 4.97. The lowest BCUT2D eigenvalue weighted by atomic mass is 10.1. The van der Waals surface area contributed by atoms with Gasteiger partial charge >= 0.3 is 0 Å². The minimum absolute atomic E-state index is 0.0160. The van der Waals surface area contributed by atoms with Crippen molar-refractivity contribution in [1.82, 2.24) is 9.38 Å². The van der Waals surface area contributed by atoms with Crippen LogP contribution in [0.2, 0.25) is 0 Å². The fourth-order valence-electron chi connectivity index (χ4n) is 2.86. The second kappa shape index (κ2) is 7.15. The van der Waals surface area contributed by atoms with E-state index in [-0.39, 0.29) is 18.2 Å². The van der Waals surface area contributed by atoms with Crippen molar-refractivity contribution in [3.05, 3.63) is 63.5 Å². The minimum atomic E-state index is -0.0567. The molecule has 2 heterocycles. The molecule has 0 saturated heterocycles. The molecule has 3 aromatic rings. The molecule has 0 aliphatic carbocycles. The lowest BCUT2D eigenvalue weighted by Crippen LogP contribution is -2.37. The van der Waals surface area contributed by atoms with E-state index in [1.54, 1.807) is 10.5 Å². The zero-order chi connectivity index (χ0) is 17.1. The molecule has 2 aromatic heterocycles. The molecule has 0 radical (unpaired) electrons. The predicted molar refractivity (Wildman–Crippen MR) is 97.9 cm³/mol. The molecule has 24 heavy (non-hydrogen) atoms. The van der Waals surface area contributed by atoms with Crippen LogP contribution in [0.15, 0.2) is 46.6 Å². The molecule has 1 atom stereocenters. The van der Waals surface area contributed by atoms with Crippen molar-refractivity contribution in [3.63, 3.8) is 0 Å². The number of aryl methyl sites for hydroxylation is 1. The van der Waals surface area contributed by atoms with Crippen molar-refractivity contribution in [2.75, 3.05) is 11.5 Å². The zero-order valence-electron chi connectivity index (χ0n) is 13.8. The van der Waals surface area contributed by atoms with Gasteiger partial charge in [-0.25, -0.2) is 4.98 Å². The monoisotopic (exact) mass is 343 g/mol. The number of aliphatic hydroxyl groups excluding tert-OH is 1. The first kappa shape index (κ1) is 16.7. The van der Waals surface area contributed by atoms with Crippen molar-refractivity contribution in [1.29, 1.82) is 0 Å². The second-order valence-corrected chi connectivity index (χ2v) is 6.63. The molecule has 1 N–H and O–H groups in total. The fraction of sp³-hybridized carbons (Fsp3) is 0.333. The van der Waals surface area contributed by atoms with Gasteiger partial charge in [-0.2, -0.15) is 0 Å². The number of hydrogen-bond acceptors (Lipinski definition) is 5. The summed E-state index contributed by atoms with van der Waals surface area (Å²) in [5.74, 6) is 0. The Bertz CT molecular complexity index is 869. The fourth-order valence-corrected chi connectivity index (χ4v) is 3.75. The first-order valence-electron chi connectivity index (χ1n) is 8.03. The molecule has 126 valence electrons. The average Bonchev–Trinajstić information content (AvgIpc) is 2.97. The smallest absolute Gasteiger partial charge is 0.259 e. The van der Waals surface area contributed by atoms with E-state index in [1.807, 2.05) is 49.6 Å². The Morgan fingerprint density at radius 1 is 1.33 bits per heavy atom. The number of benzene rings is 1. The SMILES string of the molecule is CC[C@H](CO)N(Cc1cc(=O)n2c(C)csc2n1)c1ccccc1. The van der Waals surface area contributed by atoms with E-state index in [0.717, 1.165) is 23.5 Å². The number of thiazole rings is 1. The van der Waals surface area contributed by atoms with Crippen molar-refractivity contribution in [2.24, 2.45) is 0 Å². The van der Waals surface area contributed by atoms with Gasteiger partial charge in [-0.15, -0.1) is 11.3 Å². The van der Waals surface area contributed by atoms with Gasteiger partial charge in [0.25, 0.3) is 5.56 Å². The Morgan fingerprint density at radius 3 is 2.75 bits per heavy atom. The first-order valence-corrected chi connectivity index (χ1v) is 8.91. The maximum absolute atomic E-state index is 12.4. The van der Waals surface area contributed by atoms with Crippen molar-refractivity contribution >= 4 is 22.0 Å². The number of fused-ring (bicyclic) bond motifs is 1. The highest BCUT2D eigenvalue weighted by Gasteiger charge is 2.18. The van der Waals surface area contributed by atoms with Crippen LogP contribution >= 0.6 is 11.3 Å². The maximum atomic E-state index is 12.4. The molecule has 0 fully saturated rings. The number of hydrogen-bond donors (Lipinski definition) is 1. The Hall–Kier alpha value is -2.18. The van der Waals surface area contributed by atoms with Gasteiger partial charge < -0.3 is 10.0 Å². The molecule has 0 unspecified atom stereocenters. The number of anilines is 1. The van der Waals surface area contributed by atoms with Gasteiger partial charge in [-0.05, 0) is 25.5 Å². The van der Waals surface area contributed by atoms with E-state index in [0.29, 0.717) is 11.5 Å². The van der Waals surface area contributed by atoms with E-state index in [1.165, 1.54) is 11.3 Å². The summed E-state index contributed by atoms with van der Waals surface area (Å²) in [6, 6.07) is 11.5. The Balaban J connectivity index is 2.00. The summed E-state index contributed by atoms with van der Waals surface area (Å²) in [5.41, 5.74) is 2.58. The molecule has 3 rings (SSSR count). The van der Waals surface area contributed by atoms with E-state index >= 15 is 0 Å². The molecule has 0 bridgehead atoms. The van der Waals surface area contributed by atoms with Crippen LogP contribution in [0.4, 0.5) is 5.69 Å². The Labute approximate surface area is 144 Å². The van der Waals surface area contributed by atoms with Gasteiger partial charge in [0.2, 0.25) is 0 Å². The molecule has 5 nitrogen and oxygen atoms in total. The predicted octanol–water partition coefficient (Wildman–Crippen LogP) is 2.84. The summed E-state index contributed by atoms with van der Waals surface area (Å²) in [6.07, 6.45) is 0.810. The summed E-state index contributed by atoms with van der Waals surface area (Å²) in [7, 11) is 0. The van der Waals surface area contributed by atoms with Crippen LogP contribution in [-0.4, -0.2) is 27.1 Å². The molecule has 6 heteroatoms. The molecule has 0 aliphatic heterocycles. The highest BCUT2D eigenvalue weighted by atomic mass is 32.1. The van der Waals surface area contributed by atoms with Crippen LogP contribution in [-0.2, 0) is 6.54 Å². The molecule has 0 amide bonds. The van der Waals surface area contributed by atoms with Gasteiger partial charge in [0, 0.05) is 22.8 Å². The van der Waals surface area contributed by atoms with Crippen LogP contribution < -0.4 is 10.5 Å². The molecule has 0 aliphatic rings. The van der Waals surface area contributed by atoms with Crippen LogP contribution in [0.25, 0.3) is 4.96 Å². The lowest BCUT2D eigenvalue weighted by molar-refractivity contribution is 0.255. The molecule has 1 aromatic carbocycles. The normalized spacial score (nSPS) is 12.5. The quantitative estimate of drug-likeness (QED) is 0.748. The van der Waals surface area contributed by atoms with Gasteiger partial charge in [-0.3, -0.25) is 9.20 Å². The summed E-state index contributed by atoms with van der Waals surface area (Å²) in [5, 5.41) is 11.7. The zero-order valence-corrected chi connectivity index (χ0v) is 14.7. The number of nitrogens with zero attached hydrogens (tertiary/aromatic N) is 3. The first-order chi connectivity index (χ1) is 11.6. The van der Waals surface area contributed by atoms with Gasteiger partial charge in [0.15, 0.2) is 4.96 Å². The number of para-hydroxylation sites is 1. The van der Waals surface area contributed by atoms with Crippen LogP contribution in [0.5, 0.6) is 0 Å². The van der Waals surface area contributed by atoms with Crippen LogP contribution in [0, 0.1) is 6.92 Å². The number of aromatic nitrogens is 2. The van der Waals surface area contributed by atoms with Crippen molar-refractivity contribution < 1.29 is 5.11 Å². The van der Waals surface area contributed by atoms with Gasteiger partial charge in [-0.1, -0.05) is 25.1 Å². The number of rotatable bonds is 6. The van der Waals surface area contributed by atoms with Crippen molar-refractivity contribution in [3.8, 4) is 0 Å². The summed E-state index contributed by atoms with van der Waals surface area (Å²) >= 11 is 1.47. The highest BCUT2D eigenvalue weighted by molar-refractivity contribution is 7.15. The van der Waals surface area contributed by atoms with E-state index < -0.39 is 0 Å². The highest BCUT2D eigenvalue weighted by Crippen LogP contribution is 2.21. The maximum Gasteiger partial charge on any atom is 0.259 e. The number of aliphatic hydroxyl groups is 1. The third kappa shape index (κ3) is 3.20. The van der Waals surface area contributed by atoms with E-state index in [9.17, 15) is 9.90 Å². The van der Waals surface area contributed by atoms with E-state index in [4.69, 9.17) is 0 Å². The van der Waals surface area contributed by atoms with E-state index in [2.05, 4.69) is 9.88 Å². The summed E-state index contributed by atoms with van der Waals surface area (Å²) in [4.78, 5) is 19.8. The molecule has 0 saturated carbocycles. The van der Waals surface area contributed by atoms with Gasteiger partial charge in [0.1, 0.15) is 0 Å². The lowest BCUT2D eigenvalue weighted by Gasteiger charge is -2.31. The largest absolute Gasteiger partial charge is 0.394 e. The third-order valence-electron chi connectivity index (χ3n) is 4.17. The molecular formula is C18H21N3O2S. The molecule has 0 spiro atoms. The van der Waals surface area contributed by atoms with Crippen LogP contribution in [0.1, 0.15) is 24.7 Å². The summed E-state index contributed by atoms with van der Waals surface area (Å²) in [6.45, 7) is 4.50. The standard InChI is InChI=1S/C18H21N3O2S/c1-3-15(11-22)20(16-7-5-4-6-8-16)10-14-9-17(23)21-13(2)12-24-18(21)19-14/h4-9,12,15,22H,3,10-11H2,1-2H3/t15-/m1/s1. The van der Waals surface area contributed by atoms with Gasteiger partial charge in [0.05, 0.1) is 24.9 Å². The summed E-state index contributed by atoms with van der Waals surface area (Å²) < 4.78 is 1.63.